The molecule has 0 bridgehead atoms. The molecule has 2 heterocycles. The van der Waals surface area contributed by atoms with E-state index in [-0.39, 0.29) is 0 Å². The van der Waals surface area contributed by atoms with Gasteiger partial charge >= 0.3 is 0 Å². The highest BCUT2D eigenvalue weighted by molar-refractivity contribution is 5.75. The molecule has 0 saturated carbocycles. The second-order valence-electron chi connectivity index (χ2n) is 4.00. The summed E-state index contributed by atoms with van der Waals surface area (Å²) in [7, 11) is 1.65. The number of aromatic nitrogens is 2. The van der Waals surface area contributed by atoms with Crippen molar-refractivity contribution in [1.82, 2.24) is 9.38 Å². The van der Waals surface area contributed by atoms with E-state index in [2.05, 4.69) is 4.98 Å². The third kappa shape index (κ3) is 1.59. The number of methoxy groups -OCH3 is 1. The number of nitrogen functional groups attached to an aromatic ring is 1. The zero-order valence-corrected chi connectivity index (χ0v) is 10.00. The van der Waals surface area contributed by atoms with E-state index >= 15 is 0 Å². The van der Waals surface area contributed by atoms with Crippen LogP contribution in [0.2, 0.25) is 0 Å². The van der Waals surface area contributed by atoms with Crippen LogP contribution in [0.3, 0.4) is 0 Å². The topological polar surface area (TPSA) is 52.5 Å². The fourth-order valence-corrected chi connectivity index (χ4v) is 1.98. The highest BCUT2D eigenvalue weighted by atomic mass is 16.5. The molecule has 0 spiro atoms. The monoisotopic (exact) mass is 239 g/mol. The van der Waals surface area contributed by atoms with Crippen LogP contribution in [-0.2, 0) is 0 Å². The van der Waals surface area contributed by atoms with Gasteiger partial charge in [0, 0.05) is 11.8 Å². The normalized spacial score (nSPS) is 10.7. The van der Waals surface area contributed by atoms with E-state index in [1.165, 1.54) is 0 Å². The Bertz CT molecular complexity index is 686. The summed E-state index contributed by atoms with van der Waals surface area (Å²) in [5.41, 5.74) is 8.74. The summed E-state index contributed by atoms with van der Waals surface area (Å²) >= 11 is 0. The molecule has 0 aliphatic heterocycles. The van der Waals surface area contributed by atoms with Crippen molar-refractivity contribution in [2.75, 3.05) is 12.8 Å². The number of nitrogens with zero attached hydrogens (tertiary/aromatic N) is 2. The van der Waals surface area contributed by atoms with E-state index in [0.717, 1.165) is 22.7 Å². The van der Waals surface area contributed by atoms with Crippen LogP contribution in [0.25, 0.3) is 16.9 Å². The van der Waals surface area contributed by atoms with Gasteiger partial charge in [-0.25, -0.2) is 4.98 Å². The number of hydrogen-bond acceptors (Lipinski definition) is 3. The smallest absolute Gasteiger partial charge is 0.139 e. The second kappa shape index (κ2) is 4.07. The minimum atomic E-state index is 0.649. The molecule has 2 aromatic heterocycles. The van der Waals surface area contributed by atoms with Gasteiger partial charge in [0.05, 0.1) is 7.11 Å². The number of imidazole rings is 1. The lowest BCUT2D eigenvalue weighted by molar-refractivity contribution is 0.415. The zero-order chi connectivity index (χ0) is 12.5. The Balaban J connectivity index is 2.15. The van der Waals surface area contributed by atoms with Crippen LogP contribution in [0.4, 0.5) is 5.82 Å². The van der Waals surface area contributed by atoms with Crippen LogP contribution in [0.1, 0.15) is 0 Å². The van der Waals surface area contributed by atoms with Gasteiger partial charge in [0.15, 0.2) is 0 Å². The molecule has 4 heteroatoms. The van der Waals surface area contributed by atoms with Gasteiger partial charge in [0.1, 0.15) is 22.9 Å². The fourth-order valence-electron chi connectivity index (χ4n) is 1.98. The van der Waals surface area contributed by atoms with E-state index in [0.29, 0.717) is 5.82 Å². The van der Waals surface area contributed by atoms with E-state index in [9.17, 15) is 0 Å². The van der Waals surface area contributed by atoms with Crippen LogP contribution in [0.5, 0.6) is 5.75 Å². The minimum absolute atomic E-state index is 0.649. The lowest BCUT2D eigenvalue weighted by atomic mass is 10.1. The SMILES string of the molecule is COc1ccc(-c2nc3ccccn3c2N)cc1. The Kier molecular flexibility index (Phi) is 2.41. The first kappa shape index (κ1) is 10.7. The van der Waals surface area contributed by atoms with E-state index in [1.54, 1.807) is 7.11 Å². The standard InChI is InChI=1S/C14H13N3O/c1-18-11-7-5-10(6-8-11)13-14(15)17-9-3-2-4-12(17)16-13/h2-9H,15H2,1H3. The van der Waals surface area contributed by atoms with Crippen molar-refractivity contribution in [3.8, 4) is 17.0 Å². The van der Waals surface area contributed by atoms with Crippen molar-refractivity contribution in [2.45, 2.75) is 0 Å². The van der Waals surface area contributed by atoms with Gasteiger partial charge < -0.3 is 10.5 Å². The zero-order valence-electron chi connectivity index (χ0n) is 10.00. The molecule has 0 aliphatic rings. The predicted molar refractivity (Wildman–Crippen MR) is 71.6 cm³/mol. The van der Waals surface area contributed by atoms with Crippen LogP contribution in [0.15, 0.2) is 48.7 Å². The number of pyridine rings is 1. The minimum Gasteiger partial charge on any atom is -0.497 e. The van der Waals surface area contributed by atoms with Crippen molar-refractivity contribution in [3.63, 3.8) is 0 Å². The summed E-state index contributed by atoms with van der Waals surface area (Å²) in [6, 6.07) is 13.5. The molecule has 0 amide bonds. The van der Waals surface area contributed by atoms with Crippen molar-refractivity contribution in [1.29, 1.82) is 0 Å². The molecule has 0 atom stereocenters. The van der Waals surface area contributed by atoms with Gasteiger partial charge in [-0.1, -0.05) is 6.07 Å². The summed E-state index contributed by atoms with van der Waals surface area (Å²) in [6.45, 7) is 0. The predicted octanol–water partition coefficient (Wildman–Crippen LogP) is 2.59. The fraction of sp³-hybridized carbons (Fsp3) is 0.0714. The number of fused-ring (bicyclic) bond motifs is 1. The maximum absolute atomic E-state index is 6.11. The maximum atomic E-state index is 6.11. The second-order valence-corrected chi connectivity index (χ2v) is 4.00. The van der Waals surface area contributed by atoms with Crippen LogP contribution >= 0.6 is 0 Å². The molecule has 3 aromatic rings. The number of anilines is 1. The van der Waals surface area contributed by atoms with Gasteiger partial charge in [-0.3, -0.25) is 4.40 Å². The number of ether oxygens (including phenoxy) is 1. The molecule has 0 fully saturated rings. The van der Waals surface area contributed by atoms with Gasteiger partial charge in [0.2, 0.25) is 0 Å². The molecule has 3 rings (SSSR count). The van der Waals surface area contributed by atoms with E-state index < -0.39 is 0 Å². The quantitative estimate of drug-likeness (QED) is 0.747. The average Bonchev–Trinajstić information content (AvgIpc) is 2.77. The van der Waals surface area contributed by atoms with Gasteiger partial charge in [-0.15, -0.1) is 0 Å². The van der Waals surface area contributed by atoms with Gasteiger partial charge in [0.25, 0.3) is 0 Å². The molecule has 18 heavy (non-hydrogen) atoms. The molecule has 0 radical (unpaired) electrons. The Morgan fingerprint density at radius 1 is 1.11 bits per heavy atom. The van der Waals surface area contributed by atoms with Crippen LogP contribution in [-0.4, -0.2) is 16.5 Å². The lowest BCUT2D eigenvalue weighted by Crippen LogP contribution is -1.93. The first-order chi connectivity index (χ1) is 8.79. The molecule has 1 aromatic carbocycles. The average molecular weight is 239 g/mol. The van der Waals surface area contributed by atoms with Crippen LogP contribution in [0, 0.1) is 0 Å². The molecular formula is C14H13N3O. The summed E-state index contributed by atoms with van der Waals surface area (Å²) < 4.78 is 7.01. The molecule has 0 aliphatic carbocycles. The first-order valence-corrected chi connectivity index (χ1v) is 5.66. The Morgan fingerprint density at radius 3 is 2.56 bits per heavy atom. The Hall–Kier alpha value is -2.49. The number of rotatable bonds is 2. The summed E-state index contributed by atoms with van der Waals surface area (Å²) in [5, 5.41) is 0. The van der Waals surface area contributed by atoms with Crippen molar-refractivity contribution in [2.24, 2.45) is 0 Å². The highest BCUT2D eigenvalue weighted by Crippen LogP contribution is 2.27. The van der Waals surface area contributed by atoms with E-state index in [1.807, 2.05) is 53.1 Å². The van der Waals surface area contributed by atoms with Crippen molar-refractivity contribution >= 4 is 11.5 Å². The molecule has 2 N–H and O–H groups in total. The third-order valence-electron chi connectivity index (χ3n) is 2.93. The number of hydrogen-bond donors (Lipinski definition) is 1. The molecule has 0 saturated heterocycles. The molecule has 90 valence electrons. The maximum Gasteiger partial charge on any atom is 0.139 e. The van der Waals surface area contributed by atoms with Gasteiger partial charge in [-0.05, 0) is 36.4 Å². The molecule has 0 unspecified atom stereocenters. The Morgan fingerprint density at radius 2 is 1.89 bits per heavy atom. The third-order valence-corrected chi connectivity index (χ3v) is 2.93. The first-order valence-electron chi connectivity index (χ1n) is 5.66. The van der Waals surface area contributed by atoms with Gasteiger partial charge in [-0.2, -0.15) is 0 Å². The summed E-state index contributed by atoms with van der Waals surface area (Å²) in [6.07, 6.45) is 1.91. The molecular weight excluding hydrogens is 226 g/mol. The van der Waals surface area contributed by atoms with Crippen LogP contribution < -0.4 is 10.5 Å². The van der Waals surface area contributed by atoms with Crippen molar-refractivity contribution in [3.05, 3.63) is 48.7 Å². The van der Waals surface area contributed by atoms with E-state index in [4.69, 9.17) is 10.5 Å². The summed E-state index contributed by atoms with van der Waals surface area (Å²) in [5.74, 6) is 1.47. The summed E-state index contributed by atoms with van der Waals surface area (Å²) in [4.78, 5) is 4.54. The lowest BCUT2D eigenvalue weighted by Gasteiger charge is -2.02. The van der Waals surface area contributed by atoms with Crippen molar-refractivity contribution < 1.29 is 4.74 Å². The highest BCUT2D eigenvalue weighted by Gasteiger charge is 2.10. The number of benzene rings is 1. The largest absolute Gasteiger partial charge is 0.497 e. The number of nitrogens with two attached hydrogens (primary N) is 1. The Labute approximate surface area is 105 Å². The molecule has 4 nitrogen and oxygen atoms in total.